The van der Waals surface area contributed by atoms with Gasteiger partial charge in [0.25, 0.3) is 0 Å². The number of benzene rings is 1. The molecule has 0 atom stereocenters. The number of carbonyl (C=O) groups excluding carboxylic acids is 2. The van der Waals surface area contributed by atoms with Crippen LogP contribution in [0.25, 0.3) is 0 Å². The van der Waals surface area contributed by atoms with E-state index in [9.17, 15) is 26.8 Å². The van der Waals surface area contributed by atoms with Gasteiger partial charge < -0.3 is 9.80 Å². The molecule has 3 heterocycles. The lowest BCUT2D eigenvalue weighted by molar-refractivity contribution is -0.143. The van der Waals surface area contributed by atoms with Gasteiger partial charge in [-0.15, -0.1) is 0 Å². The molecule has 0 aromatic heterocycles. The lowest BCUT2D eigenvalue weighted by Gasteiger charge is -2.37. The van der Waals surface area contributed by atoms with Crippen LogP contribution in [0.3, 0.4) is 0 Å². The quantitative estimate of drug-likeness (QED) is 0.641. The monoisotopic (exact) mass is 497 g/mol. The van der Waals surface area contributed by atoms with Gasteiger partial charge in [0.05, 0.1) is 4.90 Å². The van der Waals surface area contributed by atoms with Crippen molar-refractivity contribution in [1.82, 2.24) is 14.1 Å². The second kappa shape index (κ2) is 10.7. The predicted octanol–water partition coefficient (Wildman–Crippen LogP) is 3.01. The van der Waals surface area contributed by atoms with Gasteiger partial charge in [0.1, 0.15) is 0 Å². The van der Waals surface area contributed by atoms with E-state index in [-0.39, 0.29) is 41.6 Å². The normalized spacial score (nSPS) is 21.9. The third-order valence-electron chi connectivity index (χ3n) is 7.41. The maximum Gasteiger partial charge on any atom is 0.243 e. The maximum absolute atomic E-state index is 13.5. The van der Waals surface area contributed by atoms with Gasteiger partial charge in [0.15, 0.2) is 11.6 Å². The van der Waals surface area contributed by atoms with Crippen molar-refractivity contribution < 1.29 is 26.8 Å². The molecule has 0 radical (unpaired) electrons. The van der Waals surface area contributed by atoms with Gasteiger partial charge in [0, 0.05) is 51.1 Å². The number of amides is 2. The van der Waals surface area contributed by atoms with Crippen molar-refractivity contribution in [3.63, 3.8) is 0 Å². The molecular formula is C24H33F2N3O4S. The van der Waals surface area contributed by atoms with Crippen molar-refractivity contribution in [3.05, 3.63) is 29.8 Å². The molecule has 0 spiro atoms. The molecule has 1 aromatic rings. The van der Waals surface area contributed by atoms with Crippen molar-refractivity contribution in [2.75, 3.05) is 39.3 Å². The number of likely N-dealkylation sites (tertiary alicyclic amines) is 2. The number of piperidine rings is 2. The van der Waals surface area contributed by atoms with E-state index in [0.717, 1.165) is 38.1 Å². The van der Waals surface area contributed by atoms with Crippen LogP contribution in [0.15, 0.2) is 23.1 Å². The number of carbonyl (C=O) groups is 2. The Balaban J connectivity index is 1.27. The highest BCUT2D eigenvalue weighted by Crippen LogP contribution is 2.28. The minimum absolute atomic E-state index is 0.0190. The molecule has 4 rings (SSSR count). The van der Waals surface area contributed by atoms with Gasteiger partial charge >= 0.3 is 0 Å². The first kappa shape index (κ1) is 25.0. The summed E-state index contributed by atoms with van der Waals surface area (Å²) in [4.78, 5) is 29.5. The number of hydrogen-bond acceptors (Lipinski definition) is 4. The summed E-state index contributed by atoms with van der Waals surface area (Å²) in [5.74, 6) is -2.35. The van der Waals surface area contributed by atoms with Gasteiger partial charge in [-0.2, -0.15) is 4.31 Å². The predicted molar refractivity (Wildman–Crippen MR) is 122 cm³/mol. The summed E-state index contributed by atoms with van der Waals surface area (Å²) >= 11 is 0. The molecule has 2 amide bonds. The molecule has 0 unspecified atom stereocenters. The van der Waals surface area contributed by atoms with Crippen LogP contribution >= 0.6 is 0 Å². The highest BCUT2D eigenvalue weighted by atomic mass is 32.2. The third-order valence-corrected chi connectivity index (χ3v) is 9.30. The van der Waals surface area contributed by atoms with E-state index in [0.29, 0.717) is 44.8 Å². The number of nitrogens with zero attached hydrogens (tertiary/aromatic N) is 3. The Bertz CT molecular complexity index is 995. The summed E-state index contributed by atoms with van der Waals surface area (Å²) < 4.78 is 53.5. The average molecular weight is 498 g/mol. The molecule has 188 valence electrons. The van der Waals surface area contributed by atoms with Crippen LogP contribution in [0.2, 0.25) is 0 Å². The third kappa shape index (κ3) is 5.43. The molecule has 3 aliphatic rings. The molecule has 0 bridgehead atoms. The number of rotatable bonds is 4. The molecule has 3 aliphatic heterocycles. The van der Waals surface area contributed by atoms with E-state index in [1.54, 1.807) is 0 Å². The number of halogens is 2. The van der Waals surface area contributed by atoms with Crippen LogP contribution in [0.1, 0.15) is 51.4 Å². The molecular weight excluding hydrogens is 464 g/mol. The van der Waals surface area contributed by atoms with E-state index in [1.807, 2.05) is 9.80 Å². The summed E-state index contributed by atoms with van der Waals surface area (Å²) in [6.45, 7) is 3.09. The molecule has 3 saturated heterocycles. The fourth-order valence-corrected chi connectivity index (χ4v) is 6.77. The van der Waals surface area contributed by atoms with Crippen molar-refractivity contribution in [1.29, 1.82) is 0 Å². The van der Waals surface area contributed by atoms with Gasteiger partial charge in [0.2, 0.25) is 21.8 Å². The molecule has 7 nitrogen and oxygen atoms in total. The Morgan fingerprint density at radius 3 is 1.74 bits per heavy atom. The van der Waals surface area contributed by atoms with E-state index >= 15 is 0 Å². The Kier molecular flexibility index (Phi) is 7.87. The molecule has 10 heteroatoms. The van der Waals surface area contributed by atoms with E-state index < -0.39 is 21.7 Å². The highest BCUT2D eigenvalue weighted by molar-refractivity contribution is 7.89. The first-order valence-corrected chi connectivity index (χ1v) is 13.7. The van der Waals surface area contributed by atoms with Crippen molar-refractivity contribution in [2.45, 2.75) is 56.3 Å². The lowest BCUT2D eigenvalue weighted by atomic mass is 9.92. The lowest BCUT2D eigenvalue weighted by Crippen LogP contribution is -2.48. The molecule has 3 fully saturated rings. The molecule has 0 N–H and O–H groups in total. The summed E-state index contributed by atoms with van der Waals surface area (Å²) in [6.07, 6.45) is 6.59. The second-order valence-electron chi connectivity index (χ2n) is 9.59. The van der Waals surface area contributed by atoms with Gasteiger partial charge in [-0.25, -0.2) is 17.2 Å². The summed E-state index contributed by atoms with van der Waals surface area (Å²) in [5.41, 5.74) is 0. The molecule has 0 aliphatic carbocycles. The summed E-state index contributed by atoms with van der Waals surface area (Å²) in [5, 5.41) is 0. The minimum atomic E-state index is -3.95. The van der Waals surface area contributed by atoms with E-state index in [2.05, 4.69) is 0 Å². The Labute approximate surface area is 200 Å². The molecule has 0 saturated carbocycles. The topological polar surface area (TPSA) is 78.0 Å². The van der Waals surface area contributed by atoms with Crippen molar-refractivity contribution in [2.24, 2.45) is 11.8 Å². The van der Waals surface area contributed by atoms with E-state index in [1.165, 1.54) is 17.1 Å². The maximum atomic E-state index is 13.5. The smallest absolute Gasteiger partial charge is 0.243 e. The van der Waals surface area contributed by atoms with Crippen LogP contribution in [0, 0.1) is 23.5 Å². The van der Waals surface area contributed by atoms with Gasteiger partial charge in [-0.1, -0.05) is 12.8 Å². The van der Waals surface area contributed by atoms with Crippen LogP contribution < -0.4 is 0 Å². The van der Waals surface area contributed by atoms with Crippen LogP contribution in [-0.2, 0) is 19.6 Å². The second-order valence-corrected chi connectivity index (χ2v) is 11.5. The van der Waals surface area contributed by atoms with E-state index in [4.69, 9.17) is 0 Å². The Hall–Kier alpha value is -2.07. The number of sulfonamides is 1. The average Bonchev–Trinajstić information content (AvgIpc) is 3.14. The standard InChI is InChI=1S/C24H33F2N3O4S/c25-21-6-5-20(17-22(21)26)34(32,33)29-15-9-19(10-16-29)24(31)28-13-7-18(8-14-28)23(30)27-11-3-1-2-4-12-27/h5-6,17-19H,1-4,7-16H2. The minimum Gasteiger partial charge on any atom is -0.342 e. The largest absolute Gasteiger partial charge is 0.342 e. The van der Waals surface area contributed by atoms with Gasteiger partial charge in [-0.3, -0.25) is 9.59 Å². The first-order chi connectivity index (χ1) is 16.3. The first-order valence-electron chi connectivity index (χ1n) is 12.3. The van der Waals surface area contributed by atoms with Gasteiger partial charge in [-0.05, 0) is 56.7 Å². The zero-order valence-corrected chi connectivity index (χ0v) is 20.2. The fourth-order valence-electron chi connectivity index (χ4n) is 5.28. The Morgan fingerprint density at radius 1 is 0.706 bits per heavy atom. The molecule has 34 heavy (non-hydrogen) atoms. The fraction of sp³-hybridized carbons (Fsp3) is 0.667. The van der Waals surface area contributed by atoms with Crippen molar-refractivity contribution in [3.8, 4) is 0 Å². The number of hydrogen-bond donors (Lipinski definition) is 0. The Morgan fingerprint density at radius 2 is 1.21 bits per heavy atom. The highest BCUT2D eigenvalue weighted by Gasteiger charge is 2.36. The van der Waals surface area contributed by atoms with Crippen molar-refractivity contribution >= 4 is 21.8 Å². The summed E-state index contributed by atoms with van der Waals surface area (Å²) in [6, 6.07) is 2.56. The SMILES string of the molecule is O=C(C1CCN(C(=O)C2CCN(S(=O)(=O)c3ccc(F)c(F)c3)CC2)CC1)N1CCCCCC1. The summed E-state index contributed by atoms with van der Waals surface area (Å²) in [7, 11) is -3.95. The van der Waals surface area contributed by atoms with Crippen LogP contribution in [0.4, 0.5) is 8.78 Å². The molecule has 1 aromatic carbocycles. The zero-order chi connectivity index (χ0) is 24.3. The zero-order valence-electron chi connectivity index (χ0n) is 19.4. The van der Waals surface area contributed by atoms with Crippen LogP contribution in [0.5, 0.6) is 0 Å². The van der Waals surface area contributed by atoms with Crippen LogP contribution in [-0.4, -0.2) is 73.6 Å².